The van der Waals surface area contributed by atoms with Crippen molar-refractivity contribution >= 4 is 51.7 Å². The Kier molecular flexibility index (Phi) is 9.25. The summed E-state index contributed by atoms with van der Waals surface area (Å²) in [4.78, 5) is 37.5. The topological polar surface area (TPSA) is 82.5 Å². The number of thiophene rings is 1. The number of rotatable bonds is 8. The van der Waals surface area contributed by atoms with Crippen molar-refractivity contribution in [2.75, 3.05) is 48.8 Å². The predicted octanol–water partition coefficient (Wildman–Crippen LogP) is 6.90. The van der Waals surface area contributed by atoms with Crippen LogP contribution in [-0.2, 0) is 13.5 Å². The normalized spacial score (nSPS) is 13.9. The second-order valence-electron chi connectivity index (χ2n) is 11.4. The standard InChI is InChI=1S/C33H39ClN6O2S/c1-7-27-25(20(2)3)17-28(43-27)32(41)37-31-21(4)8-10-24(30(31)34)22-16-26(33(42)39(6)19-22)36-29-11-9-23(18-35-29)40-14-12-38(5)13-15-40/h8-11,16-20H,7,12-15H2,1-6H3,(H,35,36)(H,37,41). The Balaban J connectivity index is 1.40. The number of nitrogens with zero attached hydrogens (tertiary/aromatic N) is 4. The molecule has 43 heavy (non-hydrogen) atoms. The van der Waals surface area contributed by atoms with Gasteiger partial charge in [0.1, 0.15) is 11.5 Å². The Bertz CT molecular complexity index is 1690. The zero-order chi connectivity index (χ0) is 30.8. The first-order chi connectivity index (χ1) is 20.5. The van der Waals surface area contributed by atoms with Crippen LogP contribution in [-0.4, -0.2) is 53.6 Å². The number of carbonyl (C=O) groups is 1. The quantitative estimate of drug-likeness (QED) is 0.223. The molecule has 1 saturated heterocycles. The molecule has 4 heterocycles. The fourth-order valence-corrected chi connectivity index (χ4v) is 6.86. The lowest BCUT2D eigenvalue weighted by molar-refractivity contribution is 0.103. The fraction of sp³-hybridized carbons (Fsp3) is 0.364. The van der Waals surface area contributed by atoms with Crippen LogP contribution in [0, 0.1) is 6.92 Å². The summed E-state index contributed by atoms with van der Waals surface area (Å²) >= 11 is 8.49. The zero-order valence-electron chi connectivity index (χ0n) is 25.6. The molecule has 5 rings (SSSR count). The van der Waals surface area contributed by atoms with Crippen LogP contribution in [0.1, 0.15) is 52.4 Å². The molecule has 0 unspecified atom stereocenters. The molecule has 1 aliphatic heterocycles. The summed E-state index contributed by atoms with van der Waals surface area (Å²) < 4.78 is 1.52. The number of likely N-dealkylation sites (N-methyl/N-ethyl adjacent to an activating group) is 1. The highest BCUT2D eigenvalue weighted by atomic mass is 35.5. The summed E-state index contributed by atoms with van der Waals surface area (Å²) in [6, 6.07) is 11.5. The molecule has 0 radical (unpaired) electrons. The first-order valence-electron chi connectivity index (χ1n) is 14.7. The van der Waals surface area contributed by atoms with E-state index < -0.39 is 0 Å². The summed E-state index contributed by atoms with van der Waals surface area (Å²) in [6.07, 6.45) is 4.48. The van der Waals surface area contributed by atoms with Crippen LogP contribution in [0.4, 0.5) is 22.9 Å². The molecular formula is C33H39ClN6O2S. The van der Waals surface area contributed by atoms with Gasteiger partial charge in [-0.2, -0.15) is 0 Å². The number of carbonyl (C=O) groups excluding carboxylic acids is 1. The van der Waals surface area contributed by atoms with Gasteiger partial charge in [-0.3, -0.25) is 9.59 Å². The third kappa shape index (κ3) is 6.64. The molecule has 0 spiro atoms. The van der Waals surface area contributed by atoms with Crippen molar-refractivity contribution in [3.8, 4) is 11.1 Å². The number of hydrogen-bond donors (Lipinski definition) is 2. The maximum absolute atomic E-state index is 13.3. The number of hydrogen-bond acceptors (Lipinski definition) is 7. The Morgan fingerprint density at radius 3 is 2.47 bits per heavy atom. The summed E-state index contributed by atoms with van der Waals surface area (Å²) in [5.74, 6) is 0.750. The number of nitrogens with one attached hydrogen (secondary N) is 2. The van der Waals surface area contributed by atoms with Gasteiger partial charge in [-0.15, -0.1) is 11.3 Å². The molecule has 0 bridgehead atoms. The monoisotopic (exact) mass is 618 g/mol. The van der Waals surface area contributed by atoms with E-state index in [4.69, 9.17) is 11.6 Å². The van der Waals surface area contributed by atoms with Gasteiger partial charge >= 0.3 is 0 Å². The van der Waals surface area contributed by atoms with E-state index in [1.54, 1.807) is 19.3 Å². The van der Waals surface area contributed by atoms with E-state index in [1.165, 1.54) is 26.3 Å². The first-order valence-corrected chi connectivity index (χ1v) is 15.9. The molecule has 10 heteroatoms. The number of aryl methyl sites for hydroxylation is 3. The minimum Gasteiger partial charge on any atom is -0.368 e. The summed E-state index contributed by atoms with van der Waals surface area (Å²) in [5, 5.41) is 6.68. The lowest BCUT2D eigenvalue weighted by Gasteiger charge is -2.33. The molecular weight excluding hydrogens is 580 g/mol. The molecule has 226 valence electrons. The molecule has 0 saturated carbocycles. The van der Waals surface area contributed by atoms with E-state index in [9.17, 15) is 9.59 Å². The maximum Gasteiger partial charge on any atom is 0.274 e. The number of anilines is 4. The van der Waals surface area contributed by atoms with Gasteiger partial charge in [0.15, 0.2) is 0 Å². The third-order valence-corrected chi connectivity index (χ3v) is 9.66. The lowest BCUT2D eigenvalue weighted by atomic mass is 10.0. The summed E-state index contributed by atoms with van der Waals surface area (Å²) in [6.45, 7) is 12.3. The van der Waals surface area contributed by atoms with Crippen LogP contribution < -0.4 is 21.1 Å². The van der Waals surface area contributed by atoms with Crippen LogP contribution in [0.3, 0.4) is 0 Å². The predicted molar refractivity (Wildman–Crippen MR) is 180 cm³/mol. The molecule has 0 aliphatic carbocycles. The molecule has 2 N–H and O–H groups in total. The smallest absolute Gasteiger partial charge is 0.274 e. The largest absolute Gasteiger partial charge is 0.368 e. The van der Waals surface area contributed by atoms with Gasteiger partial charge in [-0.25, -0.2) is 4.98 Å². The summed E-state index contributed by atoms with van der Waals surface area (Å²) in [7, 11) is 3.84. The van der Waals surface area contributed by atoms with Crippen molar-refractivity contribution in [3.63, 3.8) is 0 Å². The van der Waals surface area contributed by atoms with Gasteiger partial charge in [-0.1, -0.05) is 44.5 Å². The van der Waals surface area contributed by atoms with E-state index in [-0.39, 0.29) is 11.5 Å². The number of benzene rings is 1. The van der Waals surface area contributed by atoms with Gasteiger partial charge in [-0.05, 0) is 61.7 Å². The highest BCUT2D eigenvalue weighted by molar-refractivity contribution is 7.14. The average molecular weight is 619 g/mol. The number of pyridine rings is 2. The SMILES string of the molecule is CCc1sc(C(=O)Nc2c(C)ccc(-c3cc(Nc4ccc(N5CCN(C)CC5)cn4)c(=O)n(C)c3)c2Cl)cc1C(C)C. The van der Waals surface area contributed by atoms with Crippen molar-refractivity contribution in [3.05, 3.63) is 85.0 Å². The van der Waals surface area contributed by atoms with Crippen molar-refractivity contribution in [2.45, 2.75) is 40.0 Å². The Morgan fingerprint density at radius 2 is 1.84 bits per heavy atom. The molecule has 1 aromatic carbocycles. The number of aromatic nitrogens is 2. The number of halogens is 1. The van der Waals surface area contributed by atoms with Crippen molar-refractivity contribution in [2.24, 2.45) is 7.05 Å². The molecule has 1 aliphatic rings. The van der Waals surface area contributed by atoms with Crippen LogP contribution in [0.25, 0.3) is 11.1 Å². The minimum absolute atomic E-state index is 0.178. The van der Waals surface area contributed by atoms with E-state index in [2.05, 4.69) is 53.2 Å². The van der Waals surface area contributed by atoms with Gasteiger partial charge in [0.05, 0.1) is 27.5 Å². The zero-order valence-corrected chi connectivity index (χ0v) is 27.2. The van der Waals surface area contributed by atoms with E-state index in [0.717, 1.165) is 49.4 Å². The molecule has 8 nitrogen and oxygen atoms in total. The van der Waals surface area contributed by atoms with Gasteiger partial charge < -0.3 is 25.0 Å². The van der Waals surface area contributed by atoms with Crippen molar-refractivity contribution in [1.82, 2.24) is 14.5 Å². The van der Waals surface area contributed by atoms with Crippen LogP contribution in [0.2, 0.25) is 5.02 Å². The van der Waals surface area contributed by atoms with Crippen molar-refractivity contribution < 1.29 is 4.79 Å². The second kappa shape index (κ2) is 12.9. The highest BCUT2D eigenvalue weighted by Crippen LogP contribution is 2.38. The lowest BCUT2D eigenvalue weighted by Crippen LogP contribution is -2.44. The molecule has 1 fully saturated rings. The van der Waals surface area contributed by atoms with Gasteiger partial charge in [0.25, 0.3) is 11.5 Å². The fourth-order valence-electron chi connectivity index (χ4n) is 5.34. The van der Waals surface area contributed by atoms with E-state index >= 15 is 0 Å². The summed E-state index contributed by atoms with van der Waals surface area (Å²) in [5.41, 5.74) is 5.34. The Hall–Kier alpha value is -3.66. The third-order valence-electron chi connectivity index (χ3n) is 7.97. The van der Waals surface area contributed by atoms with Crippen molar-refractivity contribution in [1.29, 1.82) is 0 Å². The van der Waals surface area contributed by atoms with E-state index in [1.807, 2.05) is 43.5 Å². The van der Waals surface area contributed by atoms with Crippen LogP contribution in [0.5, 0.6) is 0 Å². The van der Waals surface area contributed by atoms with Gasteiger partial charge in [0.2, 0.25) is 0 Å². The molecule has 3 aromatic heterocycles. The first kappa shape index (κ1) is 30.8. The Labute approximate surface area is 262 Å². The van der Waals surface area contributed by atoms with Gasteiger partial charge in [0, 0.05) is 55.4 Å². The molecule has 1 amide bonds. The average Bonchev–Trinajstić information content (AvgIpc) is 3.44. The Morgan fingerprint density at radius 1 is 1.09 bits per heavy atom. The van der Waals surface area contributed by atoms with Crippen LogP contribution in [0.15, 0.2) is 53.6 Å². The second-order valence-corrected chi connectivity index (χ2v) is 13.0. The van der Waals surface area contributed by atoms with E-state index in [0.29, 0.717) is 38.6 Å². The minimum atomic E-state index is -0.184. The number of amides is 1. The highest BCUT2D eigenvalue weighted by Gasteiger charge is 2.20. The maximum atomic E-state index is 13.3. The molecule has 4 aromatic rings. The van der Waals surface area contributed by atoms with Crippen LogP contribution >= 0.6 is 22.9 Å². The number of piperazine rings is 1. The molecule has 0 atom stereocenters.